The summed E-state index contributed by atoms with van der Waals surface area (Å²) in [6.45, 7) is 3.06. The molecular weight excluding hydrogens is 334 g/mol. The third-order valence-corrected chi connectivity index (χ3v) is 4.37. The van der Waals surface area contributed by atoms with Crippen LogP contribution in [0.15, 0.2) is 42.5 Å². The monoisotopic (exact) mass is 350 g/mol. The molecule has 0 unspecified atom stereocenters. The number of benzene rings is 2. The Kier molecular flexibility index (Phi) is 5.11. The number of rotatable bonds is 3. The Balaban J connectivity index is 1.60. The highest BCUT2D eigenvalue weighted by atomic mass is 35.5. The van der Waals surface area contributed by atoms with E-state index in [1.807, 2.05) is 24.3 Å². The summed E-state index contributed by atoms with van der Waals surface area (Å²) in [5.74, 6) is -2.54. The van der Waals surface area contributed by atoms with Gasteiger partial charge in [-0.1, -0.05) is 29.8 Å². The Morgan fingerprint density at radius 1 is 1.04 bits per heavy atom. The fourth-order valence-electron chi connectivity index (χ4n) is 2.84. The molecule has 0 spiro atoms. The van der Waals surface area contributed by atoms with Crippen molar-refractivity contribution >= 4 is 17.5 Å². The van der Waals surface area contributed by atoms with Crippen LogP contribution in [-0.2, 0) is 6.54 Å². The van der Waals surface area contributed by atoms with Crippen molar-refractivity contribution in [1.82, 2.24) is 9.80 Å². The highest BCUT2D eigenvalue weighted by Crippen LogP contribution is 2.17. The largest absolute Gasteiger partial charge is 0.336 e. The molecule has 1 heterocycles. The van der Waals surface area contributed by atoms with E-state index in [2.05, 4.69) is 4.90 Å². The van der Waals surface area contributed by atoms with E-state index in [1.165, 1.54) is 12.1 Å². The Morgan fingerprint density at radius 2 is 1.75 bits per heavy atom. The average molecular weight is 351 g/mol. The number of hydrogen-bond acceptors (Lipinski definition) is 2. The van der Waals surface area contributed by atoms with E-state index >= 15 is 0 Å². The second-order valence-electron chi connectivity index (χ2n) is 5.80. The van der Waals surface area contributed by atoms with Crippen LogP contribution in [0.25, 0.3) is 0 Å². The summed E-state index contributed by atoms with van der Waals surface area (Å²) in [4.78, 5) is 16.1. The molecule has 6 heteroatoms. The van der Waals surface area contributed by atoms with Crippen LogP contribution < -0.4 is 0 Å². The number of piperazine rings is 1. The van der Waals surface area contributed by atoms with Gasteiger partial charge in [-0.3, -0.25) is 9.69 Å². The molecule has 0 aromatic heterocycles. The van der Waals surface area contributed by atoms with E-state index < -0.39 is 17.5 Å². The first-order valence-corrected chi connectivity index (χ1v) is 8.12. The van der Waals surface area contributed by atoms with Crippen molar-refractivity contribution in [3.63, 3.8) is 0 Å². The summed E-state index contributed by atoms with van der Waals surface area (Å²) < 4.78 is 27.0. The highest BCUT2D eigenvalue weighted by molar-refractivity contribution is 6.30. The summed E-state index contributed by atoms with van der Waals surface area (Å²) in [5, 5.41) is 0.697. The average Bonchev–Trinajstić information content (AvgIpc) is 2.57. The van der Waals surface area contributed by atoms with Gasteiger partial charge in [0, 0.05) is 37.7 Å². The molecule has 1 amide bonds. The van der Waals surface area contributed by atoms with Crippen molar-refractivity contribution in [2.24, 2.45) is 0 Å². The first-order chi connectivity index (χ1) is 11.5. The molecule has 3 rings (SSSR count). The number of halogens is 3. The molecule has 1 aliphatic heterocycles. The molecule has 126 valence electrons. The van der Waals surface area contributed by atoms with Gasteiger partial charge in [0.1, 0.15) is 0 Å². The fraction of sp³-hybridized carbons (Fsp3) is 0.278. The Labute approximate surface area is 144 Å². The van der Waals surface area contributed by atoms with Gasteiger partial charge in [-0.2, -0.15) is 0 Å². The van der Waals surface area contributed by atoms with Gasteiger partial charge in [0.2, 0.25) is 0 Å². The molecule has 24 heavy (non-hydrogen) atoms. The van der Waals surface area contributed by atoms with Crippen molar-refractivity contribution in [2.75, 3.05) is 26.2 Å². The summed E-state index contributed by atoms with van der Waals surface area (Å²) >= 11 is 5.99. The van der Waals surface area contributed by atoms with E-state index in [0.717, 1.165) is 18.2 Å². The normalized spacial score (nSPS) is 15.5. The fourth-order valence-corrected chi connectivity index (χ4v) is 3.05. The minimum atomic E-state index is -1.08. The van der Waals surface area contributed by atoms with Crippen molar-refractivity contribution in [3.8, 4) is 0 Å². The molecule has 0 radical (unpaired) electrons. The third kappa shape index (κ3) is 3.74. The number of carbonyl (C=O) groups is 1. The molecule has 1 fully saturated rings. The maximum absolute atomic E-state index is 13.8. The first-order valence-electron chi connectivity index (χ1n) is 7.74. The second kappa shape index (κ2) is 7.28. The summed E-state index contributed by atoms with van der Waals surface area (Å²) in [6, 6.07) is 11.3. The van der Waals surface area contributed by atoms with Crippen LogP contribution in [0.1, 0.15) is 15.9 Å². The lowest BCUT2D eigenvalue weighted by molar-refractivity contribution is 0.0623. The van der Waals surface area contributed by atoms with Crippen LogP contribution in [0.3, 0.4) is 0 Å². The predicted octanol–water partition coefficient (Wildman–Crippen LogP) is 3.58. The quantitative estimate of drug-likeness (QED) is 0.844. The molecule has 3 nitrogen and oxygen atoms in total. The van der Waals surface area contributed by atoms with E-state index in [9.17, 15) is 13.6 Å². The van der Waals surface area contributed by atoms with E-state index in [4.69, 9.17) is 11.6 Å². The van der Waals surface area contributed by atoms with Crippen LogP contribution >= 0.6 is 11.6 Å². The summed E-state index contributed by atoms with van der Waals surface area (Å²) in [6.07, 6.45) is 0. The smallest absolute Gasteiger partial charge is 0.257 e. The van der Waals surface area contributed by atoms with Crippen molar-refractivity contribution in [2.45, 2.75) is 6.54 Å². The summed E-state index contributed by atoms with van der Waals surface area (Å²) in [5.41, 5.74) is 0.900. The van der Waals surface area contributed by atoms with Gasteiger partial charge in [-0.25, -0.2) is 8.78 Å². The minimum Gasteiger partial charge on any atom is -0.336 e. The molecular formula is C18H17ClF2N2O. The molecule has 1 saturated heterocycles. The zero-order valence-electron chi connectivity index (χ0n) is 13.0. The zero-order chi connectivity index (χ0) is 17.1. The second-order valence-corrected chi connectivity index (χ2v) is 6.24. The number of amides is 1. The van der Waals surface area contributed by atoms with Crippen LogP contribution in [0.4, 0.5) is 8.78 Å². The van der Waals surface area contributed by atoms with E-state index in [-0.39, 0.29) is 5.56 Å². The predicted molar refractivity (Wildman–Crippen MR) is 89.0 cm³/mol. The molecule has 2 aromatic rings. The topological polar surface area (TPSA) is 23.6 Å². The van der Waals surface area contributed by atoms with Crippen LogP contribution in [-0.4, -0.2) is 41.9 Å². The van der Waals surface area contributed by atoms with Gasteiger partial charge in [-0.05, 0) is 29.8 Å². The van der Waals surface area contributed by atoms with E-state index in [0.29, 0.717) is 31.2 Å². The number of carbonyl (C=O) groups excluding carboxylic acids is 1. The van der Waals surface area contributed by atoms with Gasteiger partial charge in [0.15, 0.2) is 11.6 Å². The van der Waals surface area contributed by atoms with Gasteiger partial charge < -0.3 is 4.90 Å². The van der Waals surface area contributed by atoms with Gasteiger partial charge in [0.25, 0.3) is 5.91 Å². The van der Waals surface area contributed by atoms with Crippen molar-refractivity contribution < 1.29 is 13.6 Å². The van der Waals surface area contributed by atoms with Gasteiger partial charge in [-0.15, -0.1) is 0 Å². The molecule has 0 saturated carbocycles. The first kappa shape index (κ1) is 16.9. The maximum Gasteiger partial charge on any atom is 0.257 e. The summed E-state index contributed by atoms with van der Waals surface area (Å²) in [7, 11) is 0. The molecule has 2 aromatic carbocycles. The molecule has 0 aliphatic carbocycles. The lowest BCUT2D eigenvalue weighted by Gasteiger charge is -2.34. The Morgan fingerprint density at radius 3 is 2.46 bits per heavy atom. The molecule has 0 N–H and O–H groups in total. The number of hydrogen-bond donors (Lipinski definition) is 0. The Hall–Kier alpha value is -1.98. The van der Waals surface area contributed by atoms with Crippen LogP contribution in [0, 0.1) is 11.6 Å². The standard InChI is InChI=1S/C18H17ClF2N2O/c19-14-4-1-3-13(11-14)12-22-7-9-23(10-8-22)18(24)15-5-2-6-16(20)17(15)21/h1-6,11H,7-10,12H2. The van der Waals surface area contributed by atoms with Crippen LogP contribution in [0.5, 0.6) is 0 Å². The lowest BCUT2D eigenvalue weighted by Crippen LogP contribution is -2.48. The van der Waals surface area contributed by atoms with Crippen LogP contribution in [0.2, 0.25) is 5.02 Å². The molecule has 0 bridgehead atoms. The van der Waals surface area contributed by atoms with Crippen molar-refractivity contribution in [3.05, 3.63) is 70.2 Å². The zero-order valence-corrected chi connectivity index (χ0v) is 13.8. The minimum absolute atomic E-state index is 0.210. The molecule has 0 atom stereocenters. The maximum atomic E-state index is 13.8. The van der Waals surface area contributed by atoms with Gasteiger partial charge >= 0.3 is 0 Å². The highest BCUT2D eigenvalue weighted by Gasteiger charge is 2.25. The molecule has 1 aliphatic rings. The Bertz CT molecular complexity index is 746. The van der Waals surface area contributed by atoms with Gasteiger partial charge in [0.05, 0.1) is 5.56 Å². The third-order valence-electron chi connectivity index (χ3n) is 4.14. The lowest BCUT2D eigenvalue weighted by atomic mass is 10.1. The number of nitrogens with zero attached hydrogens (tertiary/aromatic N) is 2. The van der Waals surface area contributed by atoms with E-state index in [1.54, 1.807) is 4.90 Å². The van der Waals surface area contributed by atoms with Crippen molar-refractivity contribution in [1.29, 1.82) is 0 Å². The SMILES string of the molecule is O=C(c1cccc(F)c1F)N1CCN(Cc2cccc(Cl)c2)CC1.